The van der Waals surface area contributed by atoms with E-state index in [2.05, 4.69) is 4.72 Å². The maximum Gasteiger partial charge on any atom is 0.417 e. The van der Waals surface area contributed by atoms with Crippen LogP contribution in [0.1, 0.15) is 31.4 Å². The molecule has 8 nitrogen and oxygen atoms in total. The van der Waals surface area contributed by atoms with Crippen molar-refractivity contribution in [3.05, 3.63) is 59.7 Å². The van der Waals surface area contributed by atoms with Crippen molar-refractivity contribution in [2.75, 3.05) is 4.90 Å². The van der Waals surface area contributed by atoms with Gasteiger partial charge in [0.2, 0.25) is 21.8 Å². The van der Waals surface area contributed by atoms with Crippen molar-refractivity contribution in [2.45, 2.75) is 48.6 Å². The van der Waals surface area contributed by atoms with Crippen LogP contribution in [0.5, 0.6) is 0 Å². The van der Waals surface area contributed by atoms with Crippen molar-refractivity contribution in [1.29, 1.82) is 5.26 Å². The van der Waals surface area contributed by atoms with Crippen LogP contribution < -0.4 is 9.62 Å². The van der Waals surface area contributed by atoms with E-state index in [1.54, 1.807) is 25.1 Å². The standard InChI is InChI=1S/C24H20F3N3O5S/c1-22-11-17(29-36(33,34)15-6-4-3-5-7-15)23(2,35-22)19-18(22)20(31)30(21(19)32)14-9-8-13(12-28)16(10-14)24(25,26)27/h3-10,17-19,29H,11H2,1-2H3/t17-,18+,19?,22-,23+/m1/s1. The van der Waals surface area contributed by atoms with Crippen LogP contribution in [0.15, 0.2) is 53.4 Å². The van der Waals surface area contributed by atoms with Gasteiger partial charge in [0.05, 0.1) is 56.9 Å². The van der Waals surface area contributed by atoms with Crippen molar-refractivity contribution in [3.8, 4) is 6.07 Å². The summed E-state index contributed by atoms with van der Waals surface area (Å²) in [7, 11) is -3.98. The smallest absolute Gasteiger partial charge is 0.366 e. The van der Waals surface area contributed by atoms with Crippen molar-refractivity contribution < 1.29 is 35.9 Å². The second kappa shape index (κ2) is 7.61. The number of sulfonamides is 1. The molecule has 5 atom stereocenters. The first-order valence-corrected chi connectivity index (χ1v) is 12.5. The topological polar surface area (TPSA) is 117 Å². The fourth-order valence-electron chi connectivity index (χ4n) is 5.83. The number of anilines is 1. The van der Waals surface area contributed by atoms with E-state index in [1.807, 2.05) is 0 Å². The predicted octanol–water partition coefficient (Wildman–Crippen LogP) is 2.98. The van der Waals surface area contributed by atoms with Gasteiger partial charge >= 0.3 is 6.18 Å². The number of hydrogen-bond donors (Lipinski definition) is 1. The number of benzene rings is 2. The Balaban J connectivity index is 1.51. The summed E-state index contributed by atoms with van der Waals surface area (Å²) in [6.45, 7) is 3.14. The second-order valence-corrected chi connectivity index (χ2v) is 11.3. The van der Waals surface area contributed by atoms with Crippen LogP contribution >= 0.6 is 0 Å². The van der Waals surface area contributed by atoms with E-state index in [0.29, 0.717) is 11.0 Å². The number of carbonyl (C=O) groups is 2. The lowest BCUT2D eigenvalue weighted by Gasteiger charge is -2.35. The summed E-state index contributed by atoms with van der Waals surface area (Å²) in [5.41, 5.74) is -4.83. The lowest BCUT2D eigenvalue weighted by Crippen LogP contribution is -2.56. The van der Waals surface area contributed by atoms with Gasteiger partial charge in [0, 0.05) is 0 Å². The number of nitrogens with one attached hydrogen (secondary N) is 1. The molecule has 3 saturated heterocycles. The molecule has 188 valence electrons. The average Bonchev–Trinajstić information content (AvgIpc) is 3.33. The van der Waals surface area contributed by atoms with Crippen LogP contribution in [-0.2, 0) is 30.5 Å². The molecule has 0 aliphatic carbocycles. The molecule has 2 aromatic rings. The number of rotatable bonds is 4. The molecule has 5 rings (SSSR count). The maximum absolute atomic E-state index is 13.5. The Kier molecular flexibility index (Phi) is 5.17. The van der Waals surface area contributed by atoms with Crippen LogP contribution in [0.3, 0.4) is 0 Å². The highest BCUT2D eigenvalue weighted by atomic mass is 32.2. The fourth-order valence-corrected chi connectivity index (χ4v) is 7.17. The van der Waals surface area contributed by atoms with Gasteiger partial charge in [0.1, 0.15) is 0 Å². The normalized spacial score (nSPS) is 31.6. The van der Waals surface area contributed by atoms with Crippen LogP contribution in [0.2, 0.25) is 0 Å². The minimum Gasteiger partial charge on any atom is -0.366 e. The summed E-state index contributed by atoms with van der Waals surface area (Å²) in [5, 5.41) is 9.05. The summed E-state index contributed by atoms with van der Waals surface area (Å²) in [4.78, 5) is 27.6. The molecule has 3 aliphatic heterocycles. The lowest BCUT2D eigenvalue weighted by atomic mass is 9.67. The summed E-state index contributed by atoms with van der Waals surface area (Å²) >= 11 is 0. The van der Waals surface area contributed by atoms with Crippen LogP contribution in [0.25, 0.3) is 0 Å². The lowest BCUT2D eigenvalue weighted by molar-refractivity contribution is -0.138. The molecule has 3 fully saturated rings. The summed E-state index contributed by atoms with van der Waals surface area (Å²) < 4.78 is 75.2. The molecule has 0 spiro atoms. The molecule has 3 aliphatic rings. The van der Waals surface area contributed by atoms with Crippen molar-refractivity contribution >= 4 is 27.5 Å². The minimum absolute atomic E-state index is 0.0193. The number of fused-ring (bicyclic) bond motifs is 5. The molecular weight excluding hydrogens is 499 g/mol. The average molecular weight is 520 g/mol. The first-order chi connectivity index (χ1) is 16.7. The number of nitriles is 1. The minimum atomic E-state index is -4.87. The van der Waals surface area contributed by atoms with Crippen LogP contribution in [0.4, 0.5) is 18.9 Å². The van der Waals surface area contributed by atoms with Gasteiger partial charge in [-0.15, -0.1) is 0 Å². The highest BCUT2D eigenvalue weighted by Crippen LogP contribution is 2.61. The van der Waals surface area contributed by atoms with E-state index in [-0.39, 0.29) is 17.0 Å². The van der Waals surface area contributed by atoms with Crippen LogP contribution in [-0.4, -0.2) is 37.5 Å². The molecule has 1 unspecified atom stereocenters. The molecule has 0 radical (unpaired) electrons. The van der Waals surface area contributed by atoms with E-state index >= 15 is 0 Å². The van der Waals surface area contributed by atoms with Gasteiger partial charge in [-0.25, -0.2) is 18.0 Å². The zero-order chi connectivity index (χ0) is 26.3. The largest absolute Gasteiger partial charge is 0.417 e. The zero-order valence-electron chi connectivity index (χ0n) is 19.0. The number of alkyl halides is 3. The quantitative estimate of drug-likeness (QED) is 0.621. The van der Waals surface area contributed by atoms with Gasteiger partial charge < -0.3 is 4.74 Å². The third-order valence-corrected chi connectivity index (χ3v) is 8.86. The Labute approximate surface area is 204 Å². The number of ether oxygens (including phenoxy) is 1. The van der Waals surface area contributed by atoms with E-state index in [9.17, 15) is 31.2 Å². The summed E-state index contributed by atoms with van der Waals surface area (Å²) in [6, 6.07) is 10.9. The van der Waals surface area contributed by atoms with Gasteiger partial charge in [-0.05, 0) is 50.6 Å². The molecule has 2 bridgehead atoms. The van der Waals surface area contributed by atoms with Gasteiger partial charge in [-0.3, -0.25) is 9.59 Å². The summed E-state index contributed by atoms with van der Waals surface area (Å²) in [5.74, 6) is -3.62. The Hall–Kier alpha value is -3.27. The highest BCUT2D eigenvalue weighted by molar-refractivity contribution is 7.89. The van der Waals surface area contributed by atoms with Crippen molar-refractivity contribution in [1.82, 2.24) is 4.72 Å². The summed E-state index contributed by atoms with van der Waals surface area (Å²) in [6.07, 6.45) is -4.78. The number of nitrogens with zero attached hydrogens (tertiary/aromatic N) is 2. The Bertz CT molecular complexity index is 1440. The van der Waals surface area contributed by atoms with Gasteiger partial charge in [0.25, 0.3) is 0 Å². The first kappa shape index (κ1) is 24.4. The Morgan fingerprint density at radius 1 is 1.08 bits per heavy atom. The molecule has 0 aromatic heterocycles. The molecule has 0 saturated carbocycles. The number of amides is 2. The molecule has 36 heavy (non-hydrogen) atoms. The SMILES string of the molecule is C[C@]12C[C@@H](NS(=O)(=O)c3ccccc3)[C@](C)(O1)C1C(=O)N(c3ccc(C#N)c(C(F)(F)F)c3)C(=O)[C@H]12. The molecule has 2 aromatic carbocycles. The highest BCUT2D eigenvalue weighted by Gasteiger charge is 2.76. The predicted molar refractivity (Wildman–Crippen MR) is 119 cm³/mol. The van der Waals surface area contributed by atoms with E-state index in [1.165, 1.54) is 25.1 Å². The molecule has 2 amide bonds. The Morgan fingerprint density at radius 3 is 2.33 bits per heavy atom. The number of carbonyl (C=O) groups excluding carboxylic acids is 2. The zero-order valence-corrected chi connectivity index (χ0v) is 19.9. The van der Waals surface area contributed by atoms with Crippen LogP contribution in [0, 0.1) is 23.2 Å². The number of halogens is 3. The van der Waals surface area contributed by atoms with Gasteiger partial charge in [0.15, 0.2) is 0 Å². The Morgan fingerprint density at radius 2 is 1.72 bits per heavy atom. The molecule has 1 N–H and O–H groups in total. The van der Waals surface area contributed by atoms with Gasteiger partial charge in [-0.2, -0.15) is 18.4 Å². The second-order valence-electron chi connectivity index (χ2n) is 9.60. The van der Waals surface area contributed by atoms with E-state index in [0.717, 1.165) is 12.1 Å². The van der Waals surface area contributed by atoms with Crippen molar-refractivity contribution in [3.63, 3.8) is 0 Å². The van der Waals surface area contributed by atoms with E-state index < -0.39 is 68.2 Å². The third-order valence-electron chi connectivity index (χ3n) is 7.37. The molecular formula is C24H20F3N3O5S. The van der Waals surface area contributed by atoms with E-state index in [4.69, 9.17) is 10.00 Å². The monoisotopic (exact) mass is 519 g/mol. The molecule has 12 heteroatoms. The first-order valence-electron chi connectivity index (χ1n) is 11.0. The molecule has 3 heterocycles. The maximum atomic E-state index is 13.5. The van der Waals surface area contributed by atoms with Gasteiger partial charge in [-0.1, -0.05) is 18.2 Å². The van der Waals surface area contributed by atoms with Crippen molar-refractivity contribution in [2.24, 2.45) is 11.8 Å². The number of imide groups is 1. The number of hydrogen-bond acceptors (Lipinski definition) is 6. The third kappa shape index (κ3) is 3.37. The fraction of sp³-hybridized carbons (Fsp3) is 0.375.